The second-order valence-corrected chi connectivity index (χ2v) is 6.92. The highest BCUT2D eigenvalue weighted by Crippen LogP contribution is 2.31. The molecule has 1 unspecified atom stereocenters. The maximum atomic E-state index is 13.0. The van der Waals surface area contributed by atoms with Crippen molar-refractivity contribution in [3.8, 4) is 11.8 Å². The Morgan fingerprint density at radius 3 is 2.68 bits per heavy atom. The van der Waals surface area contributed by atoms with Crippen LogP contribution in [0.3, 0.4) is 0 Å². The minimum atomic E-state index is 0.0445. The fourth-order valence-electron chi connectivity index (χ4n) is 2.88. The number of rotatable bonds is 6. The molecule has 1 fully saturated rings. The van der Waals surface area contributed by atoms with E-state index in [4.69, 9.17) is 0 Å². The SMILES string of the molecule is CC#CC(C)N1CN(CC=CCC)C(=O)N(c2snc(CC)c2C)C1. The number of aryl methyl sites for hydroxylation is 1. The number of allylic oxidation sites excluding steroid dienone is 1. The molecule has 0 bridgehead atoms. The molecule has 1 saturated heterocycles. The fourth-order valence-corrected chi connectivity index (χ4v) is 3.83. The largest absolute Gasteiger partial charge is 0.327 e. The molecule has 0 aliphatic carbocycles. The minimum absolute atomic E-state index is 0.0445. The van der Waals surface area contributed by atoms with Crippen molar-refractivity contribution >= 4 is 22.6 Å². The van der Waals surface area contributed by atoms with E-state index in [0.717, 1.165) is 29.1 Å². The first-order valence-electron chi connectivity index (χ1n) is 8.86. The third-order valence-electron chi connectivity index (χ3n) is 4.38. The third kappa shape index (κ3) is 4.42. The van der Waals surface area contributed by atoms with Gasteiger partial charge in [-0.05, 0) is 45.1 Å². The molecule has 5 nitrogen and oxygen atoms in total. The summed E-state index contributed by atoms with van der Waals surface area (Å²) in [5.74, 6) is 6.19. The van der Waals surface area contributed by atoms with E-state index >= 15 is 0 Å². The quantitative estimate of drug-likeness (QED) is 0.571. The summed E-state index contributed by atoms with van der Waals surface area (Å²) in [4.78, 5) is 19.0. The number of urea groups is 1. The van der Waals surface area contributed by atoms with Gasteiger partial charge in [-0.1, -0.05) is 31.9 Å². The van der Waals surface area contributed by atoms with Crippen LogP contribution in [0.1, 0.15) is 45.4 Å². The first-order valence-corrected chi connectivity index (χ1v) is 9.63. The number of carbonyl (C=O) groups is 1. The van der Waals surface area contributed by atoms with Gasteiger partial charge in [-0.15, -0.1) is 5.92 Å². The van der Waals surface area contributed by atoms with Gasteiger partial charge in [0.15, 0.2) is 0 Å². The van der Waals surface area contributed by atoms with Gasteiger partial charge in [-0.3, -0.25) is 9.80 Å². The van der Waals surface area contributed by atoms with Crippen LogP contribution < -0.4 is 4.90 Å². The van der Waals surface area contributed by atoms with Gasteiger partial charge >= 0.3 is 6.03 Å². The number of hydrogen-bond acceptors (Lipinski definition) is 4. The van der Waals surface area contributed by atoms with Crippen molar-refractivity contribution in [1.29, 1.82) is 0 Å². The summed E-state index contributed by atoms with van der Waals surface area (Å²) in [6.45, 7) is 11.9. The zero-order chi connectivity index (χ0) is 18.4. The third-order valence-corrected chi connectivity index (χ3v) is 5.39. The number of amides is 2. The van der Waals surface area contributed by atoms with Crippen molar-refractivity contribution in [2.45, 2.75) is 53.5 Å². The van der Waals surface area contributed by atoms with E-state index in [9.17, 15) is 4.79 Å². The summed E-state index contributed by atoms with van der Waals surface area (Å²) in [5, 5.41) is 0.952. The Balaban J connectivity index is 2.31. The molecule has 136 valence electrons. The Kier molecular flexibility index (Phi) is 7.03. The Bertz CT molecular complexity index is 685. The van der Waals surface area contributed by atoms with Crippen LogP contribution in [0.15, 0.2) is 12.2 Å². The monoisotopic (exact) mass is 360 g/mol. The van der Waals surface area contributed by atoms with Crippen molar-refractivity contribution in [3.05, 3.63) is 23.4 Å². The lowest BCUT2D eigenvalue weighted by molar-refractivity contribution is 0.111. The van der Waals surface area contributed by atoms with Crippen molar-refractivity contribution in [3.63, 3.8) is 0 Å². The molecule has 2 heterocycles. The Morgan fingerprint density at radius 2 is 2.08 bits per heavy atom. The number of carbonyl (C=O) groups excluding carboxylic acids is 1. The minimum Gasteiger partial charge on any atom is -0.307 e. The first-order chi connectivity index (χ1) is 12.0. The van der Waals surface area contributed by atoms with Crippen LogP contribution in [-0.2, 0) is 6.42 Å². The van der Waals surface area contributed by atoms with Crippen LogP contribution in [0.25, 0.3) is 0 Å². The van der Waals surface area contributed by atoms with Crippen LogP contribution in [0.4, 0.5) is 9.80 Å². The summed E-state index contributed by atoms with van der Waals surface area (Å²) in [7, 11) is 0. The van der Waals surface area contributed by atoms with E-state index in [2.05, 4.69) is 61.0 Å². The standard InChI is InChI=1S/C19H28N4OS/c1-6-9-10-12-21-13-22(15(4)11-7-2)14-23(19(21)24)18-16(5)17(8-3)20-25-18/h9-10,15H,6,8,12-14H2,1-5H3. The second kappa shape index (κ2) is 9.02. The van der Waals surface area contributed by atoms with E-state index in [1.807, 2.05) is 16.7 Å². The number of hydrogen-bond donors (Lipinski definition) is 0. The van der Waals surface area contributed by atoms with E-state index in [-0.39, 0.29) is 12.1 Å². The maximum absolute atomic E-state index is 13.0. The molecule has 1 aliphatic heterocycles. The molecule has 0 saturated carbocycles. The Morgan fingerprint density at radius 1 is 1.32 bits per heavy atom. The lowest BCUT2D eigenvalue weighted by Gasteiger charge is -2.42. The molecule has 2 rings (SSSR count). The summed E-state index contributed by atoms with van der Waals surface area (Å²) < 4.78 is 4.52. The normalized spacial score (nSPS) is 17.1. The predicted octanol–water partition coefficient (Wildman–Crippen LogP) is 3.85. The van der Waals surface area contributed by atoms with Gasteiger partial charge in [0.05, 0.1) is 25.1 Å². The highest BCUT2D eigenvalue weighted by Gasteiger charge is 2.34. The average Bonchev–Trinajstić information content (AvgIpc) is 2.97. The molecule has 1 atom stereocenters. The summed E-state index contributed by atoms with van der Waals surface area (Å²) >= 11 is 1.42. The van der Waals surface area contributed by atoms with Gasteiger partial charge in [-0.2, -0.15) is 4.37 Å². The van der Waals surface area contributed by atoms with Crippen molar-refractivity contribution in [1.82, 2.24) is 14.2 Å². The highest BCUT2D eigenvalue weighted by atomic mass is 32.1. The van der Waals surface area contributed by atoms with Crippen LogP contribution in [0, 0.1) is 18.8 Å². The average molecular weight is 361 g/mol. The van der Waals surface area contributed by atoms with E-state index in [0.29, 0.717) is 19.9 Å². The predicted molar refractivity (Wildman–Crippen MR) is 105 cm³/mol. The van der Waals surface area contributed by atoms with Gasteiger partial charge in [0.2, 0.25) is 0 Å². The smallest absolute Gasteiger partial charge is 0.307 e. The molecule has 0 aromatic carbocycles. The molecule has 0 N–H and O–H groups in total. The molecule has 25 heavy (non-hydrogen) atoms. The molecule has 1 aromatic heterocycles. The number of aromatic nitrogens is 1. The summed E-state index contributed by atoms with van der Waals surface area (Å²) in [5.41, 5.74) is 2.18. The van der Waals surface area contributed by atoms with Crippen molar-refractivity contribution in [2.24, 2.45) is 0 Å². The maximum Gasteiger partial charge on any atom is 0.327 e. The topological polar surface area (TPSA) is 39.7 Å². The zero-order valence-corrected chi connectivity index (χ0v) is 16.7. The van der Waals surface area contributed by atoms with E-state index in [1.165, 1.54) is 11.5 Å². The molecule has 1 aliphatic rings. The van der Waals surface area contributed by atoms with Gasteiger partial charge in [0, 0.05) is 12.1 Å². The first kappa shape index (κ1) is 19.5. The fraction of sp³-hybridized carbons (Fsp3) is 0.579. The molecule has 0 radical (unpaired) electrons. The van der Waals surface area contributed by atoms with Gasteiger partial charge in [-0.25, -0.2) is 4.79 Å². The zero-order valence-electron chi connectivity index (χ0n) is 15.9. The number of nitrogens with zero attached hydrogens (tertiary/aromatic N) is 4. The molecule has 2 amide bonds. The lowest BCUT2D eigenvalue weighted by atomic mass is 10.2. The van der Waals surface area contributed by atoms with Gasteiger partial charge in [0.1, 0.15) is 5.00 Å². The van der Waals surface area contributed by atoms with Gasteiger partial charge < -0.3 is 4.90 Å². The molecule has 0 spiro atoms. The van der Waals surface area contributed by atoms with Crippen LogP contribution in [-0.4, -0.2) is 46.1 Å². The molecule has 6 heteroatoms. The summed E-state index contributed by atoms with van der Waals surface area (Å²) in [6, 6.07) is 0.139. The Hall–Kier alpha value is -1.84. The van der Waals surface area contributed by atoms with Crippen LogP contribution in [0.5, 0.6) is 0 Å². The van der Waals surface area contributed by atoms with Crippen LogP contribution >= 0.6 is 11.5 Å². The number of anilines is 1. The van der Waals surface area contributed by atoms with Crippen molar-refractivity contribution in [2.75, 3.05) is 24.8 Å². The van der Waals surface area contributed by atoms with E-state index < -0.39 is 0 Å². The lowest BCUT2D eigenvalue weighted by Crippen LogP contribution is -2.60. The van der Waals surface area contributed by atoms with E-state index in [1.54, 1.807) is 0 Å². The molecular weight excluding hydrogens is 332 g/mol. The Labute approximate surface area is 155 Å². The summed E-state index contributed by atoms with van der Waals surface area (Å²) in [6.07, 6.45) is 6.02. The van der Waals surface area contributed by atoms with Crippen LogP contribution in [0.2, 0.25) is 0 Å². The second-order valence-electron chi connectivity index (χ2n) is 6.17. The van der Waals surface area contributed by atoms with Gasteiger partial charge in [0.25, 0.3) is 0 Å². The molecular formula is C19H28N4OS. The highest BCUT2D eigenvalue weighted by molar-refractivity contribution is 7.10. The molecule has 1 aromatic rings. The van der Waals surface area contributed by atoms with Crippen molar-refractivity contribution < 1.29 is 4.79 Å².